The van der Waals surface area contributed by atoms with Gasteiger partial charge in [-0.1, -0.05) is 6.92 Å². The standard InChI is InChI=1S/C10H16N2O/c1-3-8(11)6-9-10(13)5-4-7(2)12-9/h4-5,8,13H,3,6,11H2,1-2H3. The van der Waals surface area contributed by atoms with Crippen LogP contribution in [-0.2, 0) is 6.42 Å². The van der Waals surface area contributed by atoms with Crippen LogP contribution in [0.3, 0.4) is 0 Å². The van der Waals surface area contributed by atoms with Gasteiger partial charge in [0, 0.05) is 18.2 Å². The summed E-state index contributed by atoms with van der Waals surface area (Å²) in [5, 5.41) is 9.46. The summed E-state index contributed by atoms with van der Waals surface area (Å²) in [7, 11) is 0. The highest BCUT2D eigenvalue weighted by Gasteiger charge is 2.07. The molecule has 72 valence electrons. The molecule has 13 heavy (non-hydrogen) atoms. The minimum Gasteiger partial charge on any atom is -0.506 e. The number of aryl methyl sites for hydroxylation is 1. The number of nitrogens with zero attached hydrogens (tertiary/aromatic N) is 1. The van der Waals surface area contributed by atoms with E-state index in [1.165, 1.54) is 0 Å². The van der Waals surface area contributed by atoms with Crippen LogP contribution in [-0.4, -0.2) is 16.1 Å². The Morgan fingerprint density at radius 3 is 2.85 bits per heavy atom. The van der Waals surface area contributed by atoms with Gasteiger partial charge in [-0.2, -0.15) is 0 Å². The van der Waals surface area contributed by atoms with E-state index in [9.17, 15) is 5.11 Å². The molecular weight excluding hydrogens is 164 g/mol. The highest BCUT2D eigenvalue weighted by atomic mass is 16.3. The van der Waals surface area contributed by atoms with Crippen LogP contribution in [0.15, 0.2) is 12.1 Å². The molecule has 1 aromatic heterocycles. The Balaban J connectivity index is 2.81. The van der Waals surface area contributed by atoms with Crippen molar-refractivity contribution in [1.29, 1.82) is 0 Å². The molecule has 0 fully saturated rings. The summed E-state index contributed by atoms with van der Waals surface area (Å²) in [4.78, 5) is 4.23. The lowest BCUT2D eigenvalue weighted by Crippen LogP contribution is -2.22. The number of hydrogen-bond donors (Lipinski definition) is 2. The van der Waals surface area contributed by atoms with E-state index in [0.717, 1.165) is 12.1 Å². The molecule has 1 unspecified atom stereocenters. The first-order chi connectivity index (χ1) is 6.13. The van der Waals surface area contributed by atoms with Gasteiger partial charge in [-0.15, -0.1) is 0 Å². The van der Waals surface area contributed by atoms with E-state index < -0.39 is 0 Å². The third kappa shape index (κ3) is 2.70. The van der Waals surface area contributed by atoms with Gasteiger partial charge < -0.3 is 10.8 Å². The molecule has 1 heterocycles. The van der Waals surface area contributed by atoms with Crippen molar-refractivity contribution in [1.82, 2.24) is 4.98 Å². The fourth-order valence-corrected chi connectivity index (χ4v) is 1.15. The van der Waals surface area contributed by atoms with Crippen molar-refractivity contribution < 1.29 is 5.11 Å². The van der Waals surface area contributed by atoms with Crippen molar-refractivity contribution >= 4 is 0 Å². The maximum absolute atomic E-state index is 9.46. The topological polar surface area (TPSA) is 59.1 Å². The fraction of sp³-hybridized carbons (Fsp3) is 0.500. The van der Waals surface area contributed by atoms with Gasteiger partial charge in [0.05, 0.1) is 5.69 Å². The first-order valence-electron chi connectivity index (χ1n) is 4.54. The highest BCUT2D eigenvalue weighted by Crippen LogP contribution is 2.16. The zero-order valence-electron chi connectivity index (χ0n) is 8.12. The molecule has 0 saturated carbocycles. The normalized spacial score (nSPS) is 12.8. The second-order valence-corrected chi connectivity index (χ2v) is 3.29. The molecule has 1 rings (SSSR count). The Morgan fingerprint density at radius 2 is 2.23 bits per heavy atom. The van der Waals surface area contributed by atoms with Crippen molar-refractivity contribution in [2.75, 3.05) is 0 Å². The van der Waals surface area contributed by atoms with Crippen LogP contribution in [0.5, 0.6) is 5.75 Å². The van der Waals surface area contributed by atoms with E-state index >= 15 is 0 Å². The zero-order valence-corrected chi connectivity index (χ0v) is 8.12. The number of pyridine rings is 1. The van der Waals surface area contributed by atoms with Gasteiger partial charge in [0.25, 0.3) is 0 Å². The molecule has 0 aliphatic rings. The van der Waals surface area contributed by atoms with E-state index in [1.54, 1.807) is 12.1 Å². The van der Waals surface area contributed by atoms with E-state index in [-0.39, 0.29) is 11.8 Å². The van der Waals surface area contributed by atoms with E-state index in [2.05, 4.69) is 4.98 Å². The van der Waals surface area contributed by atoms with Gasteiger partial charge in [0.1, 0.15) is 5.75 Å². The van der Waals surface area contributed by atoms with Gasteiger partial charge in [-0.25, -0.2) is 0 Å². The third-order valence-electron chi connectivity index (χ3n) is 2.07. The average Bonchev–Trinajstić information content (AvgIpc) is 2.11. The molecular formula is C10H16N2O. The maximum Gasteiger partial charge on any atom is 0.137 e. The molecule has 0 bridgehead atoms. The molecule has 3 nitrogen and oxygen atoms in total. The van der Waals surface area contributed by atoms with Gasteiger partial charge in [-0.05, 0) is 25.5 Å². The van der Waals surface area contributed by atoms with Crippen molar-refractivity contribution in [3.05, 3.63) is 23.5 Å². The lowest BCUT2D eigenvalue weighted by Gasteiger charge is -2.09. The summed E-state index contributed by atoms with van der Waals surface area (Å²) >= 11 is 0. The first kappa shape index (κ1) is 9.99. The Hall–Kier alpha value is -1.09. The quantitative estimate of drug-likeness (QED) is 0.738. The molecule has 0 aliphatic heterocycles. The summed E-state index contributed by atoms with van der Waals surface area (Å²) in [6.07, 6.45) is 1.54. The number of hydrogen-bond acceptors (Lipinski definition) is 3. The summed E-state index contributed by atoms with van der Waals surface area (Å²) in [6, 6.07) is 3.54. The Morgan fingerprint density at radius 1 is 1.54 bits per heavy atom. The second kappa shape index (κ2) is 4.23. The summed E-state index contributed by atoms with van der Waals surface area (Å²) in [5.74, 6) is 0.245. The van der Waals surface area contributed by atoms with Crippen LogP contribution in [0, 0.1) is 6.92 Å². The molecule has 1 aromatic rings. The van der Waals surface area contributed by atoms with Gasteiger partial charge in [-0.3, -0.25) is 4.98 Å². The SMILES string of the molecule is CCC(N)Cc1nc(C)ccc1O. The van der Waals surface area contributed by atoms with Crippen LogP contribution in [0.25, 0.3) is 0 Å². The molecule has 3 N–H and O–H groups in total. The smallest absolute Gasteiger partial charge is 0.137 e. The summed E-state index contributed by atoms with van der Waals surface area (Å²) < 4.78 is 0. The third-order valence-corrected chi connectivity index (χ3v) is 2.07. The molecule has 0 amide bonds. The number of nitrogens with two attached hydrogens (primary N) is 1. The predicted molar refractivity (Wildman–Crippen MR) is 52.6 cm³/mol. The van der Waals surface area contributed by atoms with Gasteiger partial charge in [0.15, 0.2) is 0 Å². The number of aromatic nitrogens is 1. The van der Waals surface area contributed by atoms with Crippen LogP contribution in [0.1, 0.15) is 24.7 Å². The fourth-order valence-electron chi connectivity index (χ4n) is 1.15. The zero-order chi connectivity index (χ0) is 9.84. The largest absolute Gasteiger partial charge is 0.506 e. The van der Waals surface area contributed by atoms with Crippen molar-refractivity contribution in [2.24, 2.45) is 5.73 Å². The van der Waals surface area contributed by atoms with Crippen LogP contribution >= 0.6 is 0 Å². The van der Waals surface area contributed by atoms with Crippen molar-refractivity contribution in [2.45, 2.75) is 32.7 Å². The highest BCUT2D eigenvalue weighted by molar-refractivity contribution is 5.28. The lowest BCUT2D eigenvalue weighted by atomic mass is 10.1. The minimum atomic E-state index is 0.0835. The minimum absolute atomic E-state index is 0.0835. The maximum atomic E-state index is 9.46. The first-order valence-corrected chi connectivity index (χ1v) is 4.54. The summed E-state index contributed by atoms with van der Waals surface area (Å²) in [5.41, 5.74) is 7.39. The Bertz CT molecular complexity index is 286. The molecule has 1 atom stereocenters. The number of aromatic hydroxyl groups is 1. The second-order valence-electron chi connectivity index (χ2n) is 3.29. The van der Waals surface area contributed by atoms with E-state index in [4.69, 9.17) is 5.73 Å². The van der Waals surface area contributed by atoms with E-state index in [0.29, 0.717) is 12.1 Å². The summed E-state index contributed by atoms with van der Waals surface area (Å²) in [6.45, 7) is 3.93. The lowest BCUT2D eigenvalue weighted by molar-refractivity contribution is 0.458. The molecule has 0 aliphatic carbocycles. The van der Waals surface area contributed by atoms with Crippen LogP contribution in [0.4, 0.5) is 0 Å². The number of rotatable bonds is 3. The van der Waals surface area contributed by atoms with E-state index in [1.807, 2.05) is 13.8 Å². The average molecular weight is 180 g/mol. The van der Waals surface area contributed by atoms with Gasteiger partial charge >= 0.3 is 0 Å². The van der Waals surface area contributed by atoms with Crippen LogP contribution in [0.2, 0.25) is 0 Å². The predicted octanol–water partition coefficient (Wildman–Crippen LogP) is 1.38. The Labute approximate surface area is 78.6 Å². The molecule has 0 aromatic carbocycles. The Kier molecular flexibility index (Phi) is 3.25. The molecule has 0 radical (unpaired) electrons. The molecule has 0 spiro atoms. The van der Waals surface area contributed by atoms with Crippen LogP contribution < -0.4 is 5.73 Å². The molecule has 3 heteroatoms. The van der Waals surface area contributed by atoms with Gasteiger partial charge in [0.2, 0.25) is 0 Å². The van der Waals surface area contributed by atoms with Crippen molar-refractivity contribution in [3.8, 4) is 5.75 Å². The van der Waals surface area contributed by atoms with Crippen molar-refractivity contribution in [3.63, 3.8) is 0 Å². The molecule has 0 saturated heterocycles. The monoisotopic (exact) mass is 180 g/mol.